The zero-order valence-corrected chi connectivity index (χ0v) is 11.4. The van der Waals surface area contributed by atoms with E-state index >= 15 is 0 Å². The third-order valence-corrected chi connectivity index (χ3v) is 3.69. The minimum Gasteiger partial charge on any atom is -0.369 e. The van der Waals surface area contributed by atoms with Crippen LogP contribution in [-0.2, 0) is 4.79 Å². The number of amides is 1. The number of ketones is 1. The first-order valence-corrected chi connectivity index (χ1v) is 6.74. The molecule has 1 heterocycles. The molecule has 2 N–H and O–H groups in total. The Morgan fingerprint density at radius 2 is 2.00 bits per heavy atom. The van der Waals surface area contributed by atoms with E-state index in [0.717, 1.165) is 19.4 Å². The number of hydrogen-bond donors (Lipinski definition) is 1. The molecule has 1 aromatic rings. The molecule has 1 atom stereocenters. The zero-order valence-electron chi connectivity index (χ0n) is 10.6. The maximum Gasteiger partial charge on any atom is 0.221 e. The lowest BCUT2D eigenvalue weighted by atomic mass is 9.97. The number of primary amides is 1. The summed E-state index contributed by atoms with van der Waals surface area (Å²) in [5.41, 5.74) is 5.97. The second-order valence-electron chi connectivity index (χ2n) is 4.91. The molecule has 0 aliphatic carbocycles. The van der Waals surface area contributed by atoms with Gasteiger partial charge in [-0.1, -0.05) is 11.6 Å². The molecule has 4 nitrogen and oxygen atoms in total. The van der Waals surface area contributed by atoms with Gasteiger partial charge in [-0.2, -0.15) is 0 Å². The summed E-state index contributed by atoms with van der Waals surface area (Å²) in [5.74, 6) is -0.364. The molecule has 2 rings (SSSR count). The molecule has 1 unspecified atom stereocenters. The van der Waals surface area contributed by atoms with E-state index in [0.29, 0.717) is 23.7 Å². The lowest BCUT2D eigenvalue weighted by molar-refractivity contribution is -0.123. The molecule has 1 amide bonds. The predicted octanol–water partition coefficient (Wildman–Crippen LogP) is 1.72. The molecule has 0 aromatic heterocycles. The molecule has 1 aromatic carbocycles. The van der Waals surface area contributed by atoms with Crippen molar-refractivity contribution in [3.05, 3.63) is 34.9 Å². The van der Waals surface area contributed by atoms with Crippen molar-refractivity contribution < 1.29 is 9.59 Å². The van der Waals surface area contributed by atoms with Crippen molar-refractivity contribution in [2.45, 2.75) is 12.8 Å². The molecular formula is C14H17ClN2O2. The maximum atomic E-state index is 12.1. The van der Waals surface area contributed by atoms with Crippen LogP contribution in [0.1, 0.15) is 23.2 Å². The van der Waals surface area contributed by atoms with Crippen molar-refractivity contribution in [2.24, 2.45) is 11.7 Å². The van der Waals surface area contributed by atoms with E-state index in [2.05, 4.69) is 0 Å². The quantitative estimate of drug-likeness (QED) is 0.854. The number of nitrogens with two attached hydrogens (primary N) is 1. The molecule has 1 aliphatic rings. The lowest BCUT2D eigenvalue weighted by Gasteiger charge is -2.30. The fraction of sp³-hybridized carbons (Fsp3) is 0.429. The summed E-state index contributed by atoms with van der Waals surface area (Å²) in [4.78, 5) is 25.3. The van der Waals surface area contributed by atoms with E-state index in [1.165, 1.54) is 0 Å². The van der Waals surface area contributed by atoms with Crippen molar-refractivity contribution in [3.8, 4) is 0 Å². The van der Waals surface area contributed by atoms with Crippen molar-refractivity contribution in [2.75, 3.05) is 19.6 Å². The van der Waals surface area contributed by atoms with Crippen LogP contribution < -0.4 is 5.73 Å². The number of carbonyl (C=O) groups is 2. The smallest absolute Gasteiger partial charge is 0.221 e. The van der Waals surface area contributed by atoms with E-state index in [-0.39, 0.29) is 17.6 Å². The van der Waals surface area contributed by atoms with Crippen LogP contribution in [0.15, 0.2) is 24.3 Å². The minimum atomic E-state index is -0.274. The molecule has 0 bridgehead atoms. The summed E-state index contributed by atoms with van der Waals surface area (Å²) < 4.78 is 0. The van der Waals surface area contributed by atoms with E-state index in [4.69, 9.17) is 17.3 Å². The summed E-state index contributed by atoms with van der Waals surface area (Å²) in [5, 5.41) is 0.614. The third kappa shape index (κ3) is 3.78. The Kier molecular flexibility index (Phi) is 4.56. The molecule has 102 valence electrons. The van der Waals surface area contributed by atoms with E-state index in [1.54, 1.807) is 24.3 Å². The van der Waals surface area contributed by atoms with Gasteiger partial charge in [0.25, 0.3) is 0 Å². The van der Waals surface area contributed by atoms with Crippen LogP contribution in [0.25, 0.3) is 0 Å². The number of piperidine rings is 1. The molecule has 1 saturated heterocycles. The molecule has 19 heavy (non-hydrogen) atoms. The van der Waals surface area contributed by atoms with Crippen LogP contribution >= 0.6 is 11.6 Å². The number of Topliss-reactive ketones (excluding diaryl/α,β-unsaturated/α-hetero) is 1. The Bertz CT molecular complexity index is 473. The number of rotatable bonds is 4. The highest BCUT2D eigenvalue weighted by Crippen LogP contribution is 2.17. The number of carbonyl (C=O) groups excluding carboxylic acids is 2. The number of hydrogen-bond acceptors (Lipinski definition) is 3. The van der Waals surface area contributed by atoms with Gasteiger partial charge in [0.2, 0.25) is 5.91 Å². The van der Waals surface area contributed by atoms with E-state index < -0.39 is 0 Å². The first-order valence-electron chi connectivity index (χ1n) is 6.36. The van der Waals surface area contributed by atoms with Gasteiger partial charge in [0.15, 0.2) is 5.78 Å². The molecule has 1 aliphatic heterocycles. The SMILES string of the molecule is NC(=O)C1CCCN(CC(=O)c2ccc(Cl)cc2)C1. The van der Waals surface area contributed by atoms with Crippen molar-refractivity contribution >= 4 is 23.3 Å². The van der Waals surface area contributed by atoms with Crippen LogP contribution in [0.4, 0.5) is 0 Å². The largest absolute Gasteiger partial charge is 0.369 e. The second-order valence-corrected chi connectivity index (χ2v) is 5.34. The van der Waals surface area contributed by atoms with Gasteiger partial charge >= 0.3 is 0 Å². The fourth-order valence-corrected chi connectivity index (χ4v) is 2.49. The Balaban J connectivity index is 1.95. The highest BCUT2D eigenvalue weighted by Gasteiger charge is 2.25. The van der Waals surface area contributed by atoms with Crippen LogP contribution in [0.5, 0.6) is 0 Å². The first kappa shape index (κ1) is 14.0. The fourth-order valence-electron chi connectivity index (χ4n) is 2.36. The number of nitrogens with zero attached hydrogens (tertiary/aromatic N) is 1. The van der Waals surface area contributed by atoms with Gasteiger partial charge in [0.1, 0.15) is 0 Å². The molecule has 0 saturated carbocycles. The Hall–Kier alpha value is -1.39. The maximum absolute atomic E-state index is 12.1. The summed E-state index contributed by atoms with van der Waals surface area (Å²) in [6.45, 7) is 1.74. The minimum absolute atomic E-state index is 0.0433. The third-order valence-electron chi connectivity index (χ3n) is 3.44. The summed E-state index contributed by atoms with van der Waals surface area (Å²) in [7, 11) is 0. The lowest BCUT2D eigenvalue weighted by Crippen LogP contribution is -2.43. The molecular weight excluding hydrogens is 264 g/mol. The highest BCUT2D eigenvalue weighted by atomic mass is 35.5. The van der Waals surface area contributed by atoms with Crippen LogP contribution in [0, 0.1) is 5.92 Å². The summed E-state index contributed by atoms with van der Waals surface area (Å²) >= 11 is 5.79. The van der Waals surface area contributed by atoms with Gasteiger partial charge in [0.05, 0.1) is 12.5 Å². The van der Waals surface area contributed by atoms with Crippen molar-refractivity contribution in [1.29, 1.82) is 0 Å². The molecule has 0 spiro atoms. The normalized spacial score (nSPS) is 20.2. The van der Waals surface area contributed by atoms with Gasteiger partial charge < -0.3 is 5.73 Å². The average Bonchev–Trinajstić information content (AvgIpc) is 2.39. The Morgan fingerprint density at radius 1 is 1.32 bits per heavy atom. The average molecular weight is 281 g/mol. The molecule has 1 fully saturated rings. The second kappa shape index (κ2) is 6.17. The van der Waals surface area contributed by atoms with Gasteiger partial charge in [-0.15, -0.1) is 0 Å². The van der Waals surface area contributed by atoms with Crippen LogP contribution in [0.3, 0.4) is 0 Å². The molecule has 5 heteroatoms. The number of halogens is 1. The summed E-state index contributed by atoms with van der Waals surface area (Å²) in [6, 6.07) is 6.86. The number of likely N-dealkylation sites (tertiary alicyclic amines) is 1. The predicted molar refractivity (Wildman–Crippen MR) is 74.1 cm³/mol. The highest BCUT2D eigenvalue weighted by molar-refractivity contribution is 6.30. The number of benzene rings is 1. The monoisotopic (exact) mass is 280 g/mol. The van der Waals surface area contributed by atoms with Crippen LogP contribution in [0.2, 0.25) is 5.02 Å². The van der Waals surface area contributed by atoms with Gasteiger partial charge in [-0.25, -0.2) is 0 Å². The molecule has 0 radical (unpaired) electrons. The van der Waals surface area contributed by atoms with Gasteiger partial charge in [0, 0.05) is 17.1 Å². The first-order chi connectivity index (χ1) is 9.06. The standard InChI is InChI=1S/C14H17ClN2O2/c15-12-5-3-10(4-6-12)13(18)9-17-7-1-2-11(8-17)14(16)19/h3-6,11H,1-2,7-9H2,(H2,16,19). The van der Waals surface area contributed by atoms with E-state index in [9.17, 15) is 9.59 Å². The summed E-state index contributed by atoms with van der Waals surface area (Å²) in [6.07, 6.45) is 1.72. The Labute approximate surface area is 117 Å². The van der Waals surface area contributed by atoms with Crippen LogP contribution in [-0.4, -0.2) is 36.2 Å². The topological polar surface area (TPSA) is 63.4 Å². The van der Waals surface area contributed by atoms with E-state index in [1.807, 2.05) is 4.90 Å². The van der Waals surface area contributed by atoms with Crippen molar-refractivity contribution in [3.63, 3.8) is 0 Å². The van der Waals surface area contributed by atoms with Gasteiger partial charge in [-0.3, -0.25) is 14.5 Å². The zero-order chi connectivity index (χ0) is 13.8. The van der Waals surface area contributed by atoms with Crippen molar-refractivity contribution in [1.82, 2.24) is 4.90 Å². The van der Waals surface area contributed by atoms with Gasteiger partial charge in [-0.05, 0) is 43.7 Å². The Morgan fingerprint density at radius 3 is 2.63 bits per heavy atom.